The molecule has 0 saturated carbocycles. The second kappa shape index (κ2) is 7.37. The highest BCUT2D eigenvalue weighted by Crippen LogP contribution is 2.22. The van der Waals surface area contributed by atoms with Crippen LogP contribution in [-0.4, -0.2) is 18.7 Å². The minimum atomic E-state index is -0.385. The summed E-state index contributed by atoms with van der Waals surface area (Å²) in [6, 6.07) is 20.0. The average molecular weight is 321 g/mol. The number of rotatable bonds is 5. The Morgan fingerprint density at radius 1 is 1.00 bits per heavy atom. The fourth-order valence-electron chi connectivity index (χ4n) is 2.35. The maximum Gasteiger partial charge on any atom is 0.259 e. The quantitative estimate of drug-likeness (QED) is 0.558. The third-order valence-corrected chi connectivity index (χ3v) is 3.53. The number of hydrogen-bond acceptors (Lipinski definition) is 3. The Bertz CT molecular complexity index is 887. The van der Waals surface area contributed by atoms with Crippen LogP contribution in [0.3, 0.4) is 0 Å². The molecule has 0 aliphatic carbocycles. The van der Waals surface area contributed by atoms with Crippen LogP contribution in [0.5, 0.6) is 0 Å². The molecule has 120 valence electrons. The van der Waals surface area contributed by atoms with E-state index in [4.69, 9.17) is 0 Å². The monoisotopic (exact) mass is 321 g/mol. The van der Waals surface area contributed by atoms with E-state index in [2.05, 4.69) is 15.8 Å². The van der Waals surface area contributed by atoms with Gasteiger partial charge in [-0.3, -0.25) is 4.79 Å². The zero-order valence-corrected chi connectivity index (χ0v) is 12.9. The first-order valence-corrected chi connectivity index (χ1v) is 7.52. The molecule has 0 saturated heterocycles. The number of anilines is 1. The average Bonchev–Trinajstić information content (AvgIpc) is 2.61. The molecule has 0 aromatic heterocycles. The number of nitrogens with zero attached hydrogens (tertiary/aromatic N) is 1. The topological polar surface area (TPSA) is 53.5 Å². The molecule has 0 atom stereocenters. The van der Waals surface area contributed by atoms with E-state index in [1.165, 1.54) is 12.3 Å². The number of halogens is 1. The number of benzene rings is 3. The predicted octanol–water partition coefficient (Wildman–Crippen LogP) is 3.54. The van der Waals surface area contributed by atoms with Gasteiger partial charge >= 0.3 is 0 Å². The number of nitrogens with one attached hydrogen (secondary N) is 2. The summed E-state index contributed by atoms with van der Waals surface area (Å²) in [6.07, 6.45) is 1.28. The van der Waals surface area contributed by atoms with Gasteiger partial charge in [-0.1, -0.05) is 54.6 Å². The van der Waals surface area contributed by atoms with Gasteiger partial charge in [0.2, 0.25) is 0 Å². The lowest BCUT2D eigenvalue weighted by Crippen LogP contribution is -2.26. The highest BCUT2D eigenvalue weighted by atomic mass is 19.1. The van der Waals surface area contributed by atoms with Gasteiger partial charge in [0.25, 0.3) is 5.91 Å². The molecule has 1 amide bonds. The van der Waals surface area contributed by atoms with E-state index in [0.29, 0.717) is 5.56 Å². The van der Waals surface area contributed by atoms with Crippen LogP contribution in [0.15, 0.2) is 71.8 Å². The molecule has 0 radical (unpaired) electrons. The Morgan fingerprint density at radius 3 is 2.62 bits per heavy atom. The molecule has 4 nitrogen and oxygen atoms in total. The molecule has 0 spiro atoms. The van der Waals surface area contributed by atoms with Crippen molar-refractivity contribution in [2.24, 2.45) is 5.10 Å². The second-order valence-electron chi connectivity index (χ2n) is 5.19. The molecule has 0 unspecified atom stereocenters. The Hall–Kier alpha value is -3.21. The molecule has 3 aromatic carbocycles. The third kappa shape index (κ3) is 3.76. The lowest BCUT2D eigenvalue weighted by Gasteiger charge is -2.08. The zero-order chi connectivity index (χ0) is 16.8. The molecule has 3 rings (SSSR count). The van der Waals surface area contributed by atoms with E-state index >= 15 is 0 Å². The van der Waals surface area contributed by atoms with Crippen molar-refractivity contribution >= 4 is 28.6 Å². The SMILES string of the molecule is O=C(CNc1cccc2ccccc12)N/N=C\c1ccccc1F. The van der Waals surface area contributed by atoms with Crippen molar-refractivity contribution in [2.45, 2.75) is 0 Å². The summed E-state index contributed by atoms with van der Waals surface area (Å²) in [5.41, 5.74) is 3.57. The number of carbonyl (C=O) groups is 1. The van der Waals surface area contributed by atoms with Crippen molar-refractivity contribution in [3.05, 3.63) is 78.1 Å². The van der Waals surface area contributed by atoms with E-state index in [9.17, 15) is 9.18 Å². The van der Waals surface area contributed by atoms with Crippen LogP contribution in [0.25, 0.3) is 10.8 Å². The summed E-state index contributed by atoms with van der Waals surface area (Å²) in [6.45, 7) is 0.0720. The van der Waals surface area contributed by atoms with Gasteiger partial charge in [0.05, 0.1) is 12.8 Å². The summed E-state index contributed by atoms with van der Waals surface area (Å²) in [5.74, 6) is -0.695. The van der Waals surface area contributed by atoms with Crippen molar-refractivity contribution in [3.8, 4) is 0 Å². The summed E-state index contributed by atoms with van der Waals surface area (Å²) in [5, 5.41) is 9.00. The van der Waals surface area contributed by atoms with E-state index in [1.54, 1.807) is 18.2 Å². The van der Waals surface area contributed by atoms with Crippen LogP contribution < -0.4 is 10.7 Å². The van der Waals surface area contributed by atoms with E-state index in [1.807, 2.05) is 42.5 Å². The van der Waals surface area contributed by atoms with Gasteiger partial charge in [0.1, 0.15) is 5.82 Å². The highest BCUT2D eigenvalue weighted by Gasteiger charge is 2.03. The highest BCUT2D eigenvalue weighted by molar-refractivity contribution is 5.95. The third-order valence-electron chi connectivity index (χ3n) is 3.53. The molecule has 24 heavy (non-hydrogen) atoms. The zero-order valence-electron chi connectivity index (χ0n) is 12.9. The minimum Gasteiger partial charge on any atom is -0.376 e. The lowest BCUT2D eigenvalue weighted by molar-refractivity contribution is -0.119. The lowest BCUT2D eigenvalue weighted by atomic mass is 10.1. The minimum absolute atomic E-state index is 0.0720. The summed E-state index contributed by atoms with van der Waals surface area (Å²) in [7, 11) is 0. The molecular weight excluding hydrogens is 305 g/mol. The van der Waals surface area contributed by atoms with Crippen molar-refractivity contribution in [1.29, 1.82) is 0 Å². The first-order valence-electron chi connectivity index (χ1n) is 7.52. The van der Waals surface area contributed by atoms with Crippen LogP contribution in [0.4, 0.5) is 10.1 Å². The number of hydrogen-bond donors (Lipinski definition) is 2. The predicted molar refractivity (Wildman–Crippen MR) is 94.6 cm³/mol. The summed E-state index contributed by atoms with van der Waals surface area (Å²) >= 11 is 0. The molecule has 0 aliphatic rings. The van der Waals surface area contributed by atoms with E-state index in [-0.39, 0.29) is 18.3 Å². The molecule has 5 heteroatoms. The Kier molecular flexibility index (Phi) is 4.81. The maximum atomic E-state index is 13.4. The van der Waals surface area contributed by atoms with Crippen LogP contribution in [0.1, 0.15) is 5.56 Å². The Labute approximate surface area is 139 Å². The van der Waals surface area contributed by atoms with E-state index < -0.39 is 0 Å². The molecular formula is C19H16FN3O. The number of carbonyl (C=O) groups excluding carboxylic acids is 1. The normalized spacial score (nSPS) is 10.9. The van der Waals surface area contributed by atoms with Crippen molar-refractivity contribution < 1.29 is 9.18 Å². The van der Waals surface area contributed by atoms with Gasteiger partial charge in [-0.2, -0.15) is 5.10 Å². The van der Waals surface area contributed by atoms with Crippen molar-refractivity contribution in [1.82, 2.24) is 5.43 Å². The fraction of sp³-hybridized carbons (Fsp3) is 0.0526. The Morgan fingerprint density at radius 2 is 1.75 bits per heavy atom. The molecule has 0 bridgehead atoms. The molecule has 0 fully saturated rings. The maximum absolute atomic E-state index is 13.4. The molecule has 2 N–H and O–H groups in total. The number of fused-ring (bicyclic) bond motifs is 1. The van der Waals surface area contributed by atoms with Gasteiger partial charge in [0, 0.05) is 16.6 Å². The summed E-state index contributed by atoms with van der Waals surface area (Å²) in [4.78, 5) is 11.8. The van der Waals surface area contributed by atoms with Gasteiger partial charge in [-0.15, -0.1) is 0 Å². The van der Waals surface area contributed by atoms with Crippen LogP contribution in [0.2, 0.25) is 0 Å². The van der Waals surface area contributed by atoms with Gasteiger partial charge in [0.15, 0.2) is 0 Å². The first kappa shape index (κ1) is 15.7. The standard InChI is InChI=1S/C19H16FN3O/c20-17-10-4-2-7-15(17)12-22-23-19(24)13-21-18-11-5-8-14-6-1-3-9-16(14)18/h1-12,21H,13H2,(H,23,24)/b22-12-. The van der Waals surface area contributed by atoms with Gasteiger partial charge < -0.3 is 5.32 Å². The van der Waals surface area contributed by atoms with Gasteiger partial charge in [-0.05, 0) is 17.5 Å². The molecule has 0 aliphatic heterocycles. The first-order chi connectivity index (χ1) is 11.7. The Balaban J connectivity index is 1.58. The molecule has 0 heterocycles. The smallest absolute Gasteiger partial charge is 0.259 e. The van der Waals surface area contributed by atoms with Crippen molar-refractivity contribution in [3.63, 3.8) is 0 Å². The van der Waals surface area contributed by atoms with Gasteiger partial charge in [-0.25, -0.2) is 9.82 Å². The number of hydrazone groups is 1. The largest absolute Gasteiger partial charge is 0.376 e. The number of amides is 1. The van der Waals surface area contributed by atoms with Crippen LogP contribution >= 0.6 is 0 Å². The van der Waals surface area contributed by atoms with Crippen LogP contribution in [-0.2, 0) is 4.79 Å². The van der Waals surface area contributed by atoms with E-state index in [0.717, 1.165) is 16.5 Å². The van der Waals surface area contributed by atoms with Crippen molar-refractivity contribution in [2.75, 3.05) is 11.9 Å². The fourth-order valence-corrected chi connectivity index (χ4v) is 2.35. The molecule has 3 aromatic rings. The summed E-state index contributed by atoms with van der Waals surface area (Å²) < 4.78 is 13.4. The van der Waals surface area contributed by atoms with Crippen LogP contribution in [0, 0.1) is 5.82 Å². The second-order valence-corrected chi connectivity index (χ2v) is 5.19.